The van der Waals surface area contributed by atoms with Gasteiger partial charge in [-0.05, 0) is 36.1 Å². The monoisotopic (exact) mass is 411 g/mol. The summed E-state index contributed by atoms with van der Waals surface area (Å²) >= 11 is 1.68. The van der Waals surface area contributed by atoms with Gasteiger partial charge in [0.05, 0.1) is 18.3 Å². The predicted octanol–water partition coefficient (Wildman–Crippen LogP) is 2.48. The van der Waals surface area contributed by atoms with Gasteiger partial charge in [0.2, 0.25) is 5.95 Å². The number of ether oxygens (including phenoxy) is 1. The summed E-state index contributed by atoms with van der Waals surface area (Å²) < 4.78 is 7.92. The van der Waals surface area contributed by atoms with Crippen molar-refractivity contribution in [2.75, 3.05) is 25.9 Å². The number of rotatable bonds is 5. The highest BCUT2D eigenvalue weighted by atomic mass is 32.1. The molecule has 0 aromatic carbocycles. The number of hydrogen-bond acceptors (Lipinski definition) is 8. The zero-order valence-electron chi connectivity index (χ0n) is 16.4. The highest BCUT2D eigenvalue weighted by molar-refractivity contribution is 7.08. The third-order valence-corrected chi connectivity index (χ3v) is 6.95. The first-order chi connectivity index (χ1) is 14.2. The van der Waals surface area contributed by atoms with Gasteiger partial charge in [0, 0.05) is 55.6 Å². The van der Waals surface area contributed by atoms with Crippen LogP contribution in [0.15, 0.2) is 35.4 Å². The molecule has 0 spiro atoms. The molecule has 4 heterocycles. The fourth-order valence-electron chi connectivity index (χ4n) is 4.83. The molecule has 1 saturated heterocycles. The number of thiophene rings is 1. The summed E-state index contributed by atoms with van der Waals surface area (Å²) in [6.45, 7) is 3.02. The van der Waals surface area contributed by atoms with E-state index in [1.807, 2.05) is 24.2 Å². The van der Waals surface area contributed by atoms with Crippen LogP contribution in [0.2, 0.25) is 0 Å². The lowest BCUT2D eigenvalue weighted by Crippen LogP contribution is -2.37. The lowest BCUT2D eigenvalue weighted by Gasteiger charge is -2.37. The molecule has 152 valence electrons. The lowest BCUT2D eigenvalue weighted by atomic mass is 9.77. The summed E-state index contributed by atoms with van der Waals surface area (Å²) in [4.78, 5) is 10.7. The molecular formula is C20H25N7OS. The highest BCUT2D eigenvalue weighted by Crippen LogP contribution is 2.42. The number of fused-ring (bicyclic) bond motifs is 1. The van der Waals surface area contributed by atoms with Crippen molar-refractivity contribution in [3.63, 3.8) is 0 Å². The molecular weight excluding hydrogens is 386 g/mol. The topological polar surface area (TPSA) is 95.0 Å². The van der Waals surface area contributed by atoms with Gasteiger partial charge in [0.1, 0.15) is 5.69 Å². The number of methoxy groups -OCH3 is 1. The second-order valence-corrected chi connectivity index (χ2v) is 8.85. The van der Waals surface area contributed by atoms with E-state index in [1.165, 1.54) is 0 Å². The van der Waals surface area contributed by atoms with E-state index in [1.54, 1.807) is 11.3 Å². The Balaban J connectivity index is 1.29. The van der Waals surface area contributed by atoms with E-state index < -0.39 is 0 Å². The molecule has 3 aromatic heterocycles. The molecule has 2 N–H and O–H groups in total. The van der Waals surface area contributed by atoms with Crippen LogP contribution in [-0.4, -0.2) is 56.2 Å². The molecule has 2 fully saturated rings. The summed E-state index contributed by atoms with van der Waals surface area (Å²) in [6.07, 6.45) is 7.99. The number of nitrogens with two attached hydrogens (primary N) is 1. The molecule has 4 atom stereocenters. The minimum Gasteiger partial charge on any atom is -0.379 e. The summed E-state index contributed by atoms with van der Waals surface area (Å²) in [7, 11) is 1.81. The molecule has 8 nitrogen and oxygen atoms in total. The van der Waals surface area contributed by atoms with Crippen molar-refractivity contribution < 1.29 is 4.74 Å². The molecule has 0 radical (unpaired) electrons. The van der Waals surface area contributed by atoms with E-state index in [9.17, 15) is 0 Å². The first-order valence-electron chi connectivity index (χ1n) is 9.95. The number of anilines is 1. The van der Waals surface area contributed by atoms with Crippen molar-refractivity contribution in [1.29, 1.82) is 0 Å². The van der Waals surface area contributed by atoms with Crippen LogP contribution >= 0.6 is 11.3 Å². The minimum atomic E-state index is 0.160. The van der Waals surface area contributed by atoms with Gasteiger partial charge >= 0.3 is 0 Å². The molecule has 1 saturated carbocycles. The number of nitrogen functional groups attached to an aromatic ring is 1. The van der Waals surface area contributed by atoms with Crippen LogP contribution in [0, 0.1) is 11.8 Å². The van der Waals surface area contributed by atoms with E-state index in [0.717, 1.165) is 49.3 Å². The maximum absolute atomic E-state index is 5.89. The second-order valence-electron chi connectivity index (χ2n) is 8.07. The fraction of sp³-hybridized carbons (Fsp3) is 0.500. The predicted molar refractivity (Wildman–Crippen MR) is 111 cm³/mol. The molecule has 3 aromatic rings. The van der Waals surface area contributed by atoms with Crippen LogP contribution in [0.4, 0.5) is 5.95 Å². The summed E-state index contributed by atoms with van der Waals surface area (Å²) in [5, 5.41) is 13.0. The molecule has 1 aliphatic carbocycles. The second kappa shape index (κ2) is 7.81. The Morgan fingerprint density at radius 3 is 2.72 bits per heavy atom. The lowest BCUT2D eigenvalue weighted by molar-refractivity contribution is -0.00545. The van der Waals surface area contributed by atoms with E-state index in [0.29, 0.717) is 17.8 Å². The van der Waals surface area contributed by atoms with E-state index in [4.69, 9.17) is 10.5 Å². The van der Waals surface area contributed by atoms with Crippen molar-refractivity contribution in [3.05, 3.63) is 41.0 Å². The first-order valence-corrected chi connectivity index (χ1v) is 10.9. The average molecular weight is 412 g/mol. The summed E-state index contributed by atoms with van der Waals surface area (Å²) in [6, 6.07) is 2.31. The summed E-state index contributed by atoms with van der Waals surface area (Å²) in [5.41, 5.74) is 8.76. The van der Waals surface area contributed by atoms with Crippen molar-refractivity contribution in [2.24, 2.45) is 11.8 Å². The van der Waals surface area contributed by atoms with Crippen molar-refractivity contribution in [1.82, 2.24) is 29.9 Å². The number of aromatic nitrogens is 5. The number of likely N-dealkylation sites (tertiary alicyclic amines) is 1. The van der Waals surface area contributed by atoms with Gasteiger partial charge in [0.25, 0.3) is 0 Å². The van der Waals surface area contributed by atoms with Crippen molar-refractivity contribution >= 4 is 17.3 Å². The fourth-order valence-corrected chi connectivity index (χ4v) is 5.48. The zero-order chi connectivity index (χ0) is 19.8. The standard InChI is InChI=1S/C20H25N7OS/c1-28-19-5-16-10-26(8-13-6-22-20(21)23-7-13)9-15(16)4-18(19)27-11-17(24-25-27)14-2-3-29-12-14/h2-3,6-7,11-12,15-16,18-19H,4-5,8-10H2,1H3,(H2,21,22,23)/t15-,16+,18-,19-/m1/s1. The third kappa shape index (κ3) is 3.77. The molecule has 0 bridgehead atoms. The molecule has 2 aliphatic rings. The Morgan fingerprint density at radius 1 is 1.21 bits per heavy atom. The Bertz CT molecular complexity index is 942. The van der Waals surface area contributed by atoms with Crippen LogP contribution in [0.1, 0.15) is 24.4 Å². The van der Waals surface area contributed by atoms with Gasteiger partial charge in [-0.1, -0.05) is 5.21 Å². The summed E-state index contributed by atoms with van der Waals surface area (Å²) in [5.74, 6) is 1.60. The van der Waals surface area contributed by atoms with Gasteiger partial charge < -0.3 is 10.5 Å². The van der Waals surface area contributed by atoms with Gasteiger partial charge in [-0.25, -0.2) is 14.6 Å². The quantitative estimate of drug-likeness (QED) is 0.689. The Morgan fingerprint density at radius 2 is 2.00 bits per heavy atom. The largest absolute Gasteiger partial charge is 0.379 e. The zero-order valence-corrected chi connectivity index (χ0v) is 17.2. The molecule has 5 rings (SSSR count). The third-order valence-electron chi connectivity index (χ3n) is 6.26. The van der Waals surface area contributed by atoms with Crippen LogP contribution in [0.3, 0.4) is 0 Å². The van der Waals surface area contributed by atoms with E-state index >= 15 is 0 Å². The molecule has 0 amide bonds. The van der Waals surface area contributed by atoms with E-state index in [2.05, 4.69) is 48.2 Å². The molecule has 9 heteroatoms. The Labute approximate surface area is 173 Å². The van der Waals surface area contributed by atoms with Crippen LogP contribution in [-0.2, 0) is 11.3 Å². The van der Waals surface area contributed by atoms with Crippen LogP contribution < -0.4 is 5.73 Å². The van der Waals surface area contributed by atoms with Gasteiger partial charge in [-0.15, -0.1) is 5.10 Å². The van der Waals surface area contributed by atoms with Crippen LogP contribution in [0.5, 0.6) is 0 Å². The maximum Gasteiger partial charge on any atom is 0.219 e. The first kappa shape index (κ1) is 18.7. The average Bonchev–Trinajstić information content (AvgIpc) is 3.48. The van der Waals surface area contributed by atoms with Gasteiger partial charge in [-0.3, -0.25) is 4.90 Å². The smallest absolute Gasteiger partial charge is 0.219 e. The highest BCUT2D eigenvalue weighted by Gasteiger charge is 2.43. The molecule has 29 heavy (non-hydrogen) atoms. The van der Waals surface area contributed by atoms with Crippen LogP contribution in [0.25, 0.3) is 11.3 Å². The Hall–Kier alpha value is -2.36. The van der Waals surface area contributed by atoms with Crippen molar-refractivity contribution in [3.8, 4) is 11.3 Å². The van der Waals surface area contributed by atoms with E-state index in [-0.39, 0.29) is 12.1 Å². The Kier molecular flexibility index (Phi) is 5.03. The maximum atomic E-state index is 5.89. The minimum absolute atomic E-state index is 0.160. The van der Waals surface area contributed by atoms with Crippen molar-refractivity contribution in [2.45, 2.75) is 31.5 Å². The number of nitrogens with zero attached hydrogens (tertiary/aromatic N) is 6. The normalized spacial score (nSPS) is 27.2. The van der Waals surface area contributed by atoms with Gasteiger partial charge in [-0.2, -0.15) is 11.3 Å². The molecule has 1 aliphatic heterocycles. The number of hydrogen-bond donors (Lipinski definition) is 1. The van der Waals surface area contributed by atoms with Gasteiger partial charge in [0.15, 0.2) is 0 Å². The SMILES string of the molecule is CO[C@@H]1C[C@H]2CN(Cc3cnc(N)nc3)C[C@H]2C[C@H]1n1cc(-c2ccsc2)nn1. The molecule has 0 unspecified atom stereocenters.